The van der Waals surface area contributed by atoms with Crippen molar-refractivity contribution in [2.75, 3.05) is 4.90 Å². The van der Waals surface area contributed by atoms with Crippen LogP contribution in [0.15, 0.2) is 72.8 Å². The molecule has 1 aliphatic rings. The largest absolute Gasteiger partial charge is 0.508 e. The summed E-state index contributed by atoms with van der Waals surface area (Å²) in [5, 5.41) is 31.3. The predicted molar refractivity (Wildman–Crippen MR) is 138 cm³/mol. The SMILES string of the molecule is CC(C)(C)OC(=O)N(c1ccc2c(c1)OC(c1ccc(O)cc1)CC2=O)[C@@](O)(Cc1ccccc1)C(=O)O. The Hall–Kier alpha value is -4.37. The summed E-state index contributed by atoms with van der Waals surface area (Å²) in [5.74, 6) is -1.68. The zero-order chi connectivity index (χ0) is 27.7. The first-order valence-corrected chi connectivity index (χ1v) is 12.0. The molecule has 0 bridgehead atoms. The van der Waals surface area contributed by atoms with Crippen molar-refractivity contribution in [2.45, 2.75) is 51.0 Å². The van der Waals surface area contributed by atoms with Gasteiger partial charge in [-0.3, -0.25) is 4.79 Å². The van der Waals surface area contributed by atoms with Gasteiger partial charge in [0.2, 0.25) is 0 Å². The maximum absolute atomic E-state index is 13.4. The number of nitrogens with zero attached hydrogens (tertiary/aromatic N) is 1. The Balaban J connectivity index is 1.79. The average Bonchev–Trinajstić information content (AvgIpc) is 2.83. The molecule has 3 aromatic rings. The second kappa shape index (κ2) is 10.2. The van der Waals surface area contributed by atoms with Crippen LogP contribution in [0.5, 0.6) is 11.5 Å². The first-order chi connectivity index (χ1) is 17.9. The highest BCUT2D eigenvalue weighted by Gasteiger charge is 2.48. The molecule has 0 radical (unpaired) electrons. The number of hydrogen-bond donors (Lipinski definition) is 3. The van der Waals surface area contributed by atoms with Crippen molar-refractivity contribution in [1.29, 1.82) is 0 Å². The number of aliphatic hydroxyl groups is 1. The second-order valence-electron chi connectivity index (χ2n) is 10.1. The number of aliphatic carboxylic acids is 1. The van der Waals surface area contributed by atoms with E-state index in [4.69, 9.17) is 9.47 Å². The minimum atomic E-state index is -2.73. The van der Waals surface area contributed by atoms with Crippen molar-refractivity contribution in [3.05, 3.63) is 89.5 Å². The Bertz CT molecular complexity index is 1350. The van der Waals surface area contributed by atoms with Gasteiger partial charge in [0.15, 0.2) is 5.78 Å². The summed E-state index contributed by atoms with van der Waals surface area (Å²) in [6.07, 6.45) is -2.13. The summed E-state index contributed by atoms with van der Waals surface area (Å²) in [6.45, 7) is 4.87. The lowest BCUT2D eigenvalue weighted by atomic mass is 9.95. The number of fused-ring (bicyclic) bond motifs is 1. The number of anilines is 1. The molecule has 198 valence electrons. The highest BCUT2D eigenvalue weighted by Crippen LogP contribution is 2.39. The van der Waals surface area contributed by atoms with Gasteiger partial charge in [-0.05, 0) is 56.2 Å². The van der Waals surface area contributed by atoms with E-state index in [1.54, 1.807) is 63.2 Å². The van der Waals surface area contributed by atoms with Gasteiger partial charge in [-0.1, -0.05) is 42.5 Å². The molecule has 1 unspecified atom stereocenters. The van der Waals surface area contributed by atoms with Crippen molar-refractivity contribution in [3.8, 4) is 11.5 Å². The van der Waals surface area contributed by atoms with Crippen molar-refractivity contribution in [2.24, 2.45) is 0 Å². The van der Waals surface area contributed by atoms with Gasteiger partial charge in [0.1, 0.15) is 23.2 Å². The number of carboxylic acids is 1. The molecule has 0 saturated heterocycles. The summed E-state index contributed by atoms with van der Waals surface area (Å²) in [5.41, 5.74) is -2.36. The number of phenolic OH excluding ortho intramolecular Hbond substituents is 1. The van der Waals surface area contributed by atoms with Gasteiger partial charge in [0.05, 0.1) is 17.7 Å². The van der Waals surface area contributed by atoms with E-state index in [2.05, 4.69) is 0 Å². The number of amides is 1. The van der Waals surface area contributed by atoms with E-state index in [1.807, 2.05) is 0 Å². The van der Waals surface area contributed by atoms with Gasteiger partial charge in [-0.25, -0.2) is 14.5 Å². The molecule has 0 aliphatic carbocycles. The first kappa shape index (κ1) is 26.7. The molecule has 0 spiro atoms. The van der Waals surface area contributed by atoms with Gasteiger partial charge in [0, 0.05) is 12.5 Å². The fourth-order valence-corrected chi connectivity index (χ4v) is 4.23. The Kier molecular flexibility index (Phi) is 7.15. The van der Waals surface area contributed by atoms with Crippen LogP contribution in [0.3, 0.4) is 0 Å². The van der Waals surface area contributed by atoms with Crippen LogP contribution in [0, 0.1) is 0 Å². The maximum Gasteiger partial charge on any atom is 0.417 e. The van der Waals surface area contributed by atoms with Gasteiger partial charge in [-0.15, -0.1) is 0 Å². The number of Topliss-reactive ketones (excluding diaryl/α,β-unsaturated/α-hetero) is 1. The molecular weight excluding hydrogens is 490 g/mol. The number of ketones is 1. The topological polar surface area (TPSA) is 134 Å². The molecule has 9 heteroatoms. The molecule has 0 fully saturated rings. The summed E-state index contributed by atoms with van der Waals surface area (Å²) < 4.78 is 11.6. The van der Waals surface area contributed by atoms with Crippen LogP contribution in [-0.2, 0) is 16.0 Å². The number of phenols is 1. The molecule has 3 aromatic carbocycles. The Morgan fingerprint density at radius 1 is 1.03 bits per heavy atom. The number of carbonyl (C=O) groups is 3. The van der Waals surface area contributed by atoms with E-state index >= 15 is 0 Å². The quantitative estimate of drug-likeness (QED) is 0.393. The Labute approximate surface area is 219 Å². The maximum atomic E-state index is 13.4. The number of carboxylic acid groups (broad SMARTS) is 1. The molecule has 3 N–H and O–H groups in total. The molecule has 2 atom stereocenters. The van der Waals surface area contributed by atoms with Crippen LogP contribution >= 0.6 is 0 Å². The van der Waals surface area contributed by atoms with Gasteiger partial charge in [0.25, 0.3) is 5.72 Å². The molecule has 9 nitrogen and oxygen atoms in total. The molecule has 0 aromatic heterocycles. The molecule has 38 heavy (non-hydrogen) atoms. The van der Waals surface area contributed by atoms with E-state index in [0.29, 0.717) is 16.0 Å². The smallest absolute Gasteiger partial charge is 0.417 e. The zero-order valence-electron chi connectivity index (χ0n) is 21.2. The average molecular weight is 520 g/mol. The van der Waals surface area contributed by atoms with Crippen LogP contribution in [0.1, 0.15) is 54.8 Å². The van der Waals surface area contributed by atoms with E-state index in [9.17, 15) is 29.7 Å². The number of rotatable bonds is 6. The number of hydrogen-bond acceptors (Lipinski definition) is 7. The van der Waals surface area contributed by atoms with Crippen LogP contribution in [-0.4, -0.2) is 44.5 Å². The van der Waals surface area contributed by atoms with Crippen molar-refractivity contribution < 1.29 is 39.2 Å². The van der Waals surface area contributed by atoms with Crippen molar-refractivity contribution in [3.63, 3.8) is 0 Å². The van der Waals surface area contributed by atoms with Crippen LogP contribution in [0.25, 0.3) is 0 Å². The summed E-state index contributed by atoms with van der Waals surface area (Å²) in [6, 6.07) is 18.8. The molecule has 4 rings (SSSR count). The fourth-order valence-electron chi connectivity index (χ4n) is 4.23. The summed E-state index contributed by atoms with van der Waals surface area (Å²) >= 11 is 0. The highest BCUT2D eigenvalue weighted by molar-refractivity contribution is 6.02. The Morgan fingerprint density at radius 2 is 1.68 bits per heavy atom. The summed E-state index contributed by atoms with van der Waals surface area (Å²) in [7, 11) is 0. The van der Waals surface area contributed by atoms with E-state index < -0.39 is 35.9 Å². The minimum Gasteiger partial charge on any atom is -0.508 e. The third kappa shape index (κ3) is 5.63. The van der Waals surface area contributed by atoms with Gasteiger partial charge in [-0.2, -0.15) is 0 Å². The lowest BCUT2D eigenvalue weighted by molar-refractivity contribution is -0.158. The van der Waals surface area contributed by atoms with Crippen LogP contribution in [0.2, 0.25) is 0 Å². The lowest BCUT2D eigenvalue weighted by Gasteiger charge is -2.38. The predicted octanol–water partition coefficient (Wildman–Crippen LogP) is 4.86. The molecule has 1 aliphatic heterocycles. The van der Waals surface area contributed by atoms with Crippen LogP contribution in [0.4, 0.5) is 10.5 Å². The Morgan fingerprint density at radius 3 is 2.29 bits per heavy atom. The van der Waals surface area contributed by atoms with E-state index in [-0.39, 0.29) is 35.0 Å². The summed E-state index contributed by atoms with van der Waals surface area (Å²) in [4.78, 5) is 39.5. The zero-order valence-corrected chi connectivity index (χ0v) is 21.2. The normalized spacial score (nSPS) is 16.5. The molecule has 0 saturated carbocycles. The monoisotopic (exact) mass is 519 g/mol. The fraction of sp³-hybridized carbons (Fsp3) is 0.276. The van der Waals surface area contributed by atoms with Crippen molar-refractivity contribution in [1.82, 2.24) is 0 Å². The van der Waals surface area contributed by atoms with E-state index in [0.717, 1.165) is 0 Å². The number of ether oxygens (including phenoxy) is 2. The molecule has 1 heterocycles. The standard InChI is InChI=1S/C29H29NO8/c1-28(2,3)38-27(35)30(29(36,26(33)34)17-18-7-5-4-6-8-18)20-11-14-22-23(32)16-24(37-25(22)15-20)19-9-12-21(31)13-10-19/h4-15,24,31,36H,16-17H2,1-3H3,(H,33,34)/t24?,29-/m1/s1. The number of carbonyl (C=O) groups excluding carboxylic acids is 2. The van der Waals surface area contributed by atoms with Crippen LogP contribution < -0.4 is 9.64 Å². The van der Waals surface area contributed by atoms with E-state index in [1.165, 1.54) is 30.3 Å². The number of aromatic hydroxyl groups is 1. The number of benzene rings is 3. The highest BCUT2D eigenvalue weighted by atomic mass is 16.6. The van der Waals surface area contributed by atoms with Gasteiger partial charge >= 0.3 is 12.1 Å². The van der Waals surface area contributed by atoms with Crippen molar-refractivity contribution >= 4 is 23.5 Å². The third-order valence-electron chi connectivity index (χ3n) is 6.01. The first-order valence-electron chi connectivity index (χ1n) is 12.0. The molecular formula is C29H29NO8. The third-order valence-corrected chi connectivity index (χ3v) is 6.01. The molecule has 1 amide bonds. The minimum absolute atomic E-state index is 0.0296. The lowest BCUT2D eigenvalue weighted by Crippen LogP contribution is -2.60. The second-order valence-corrected chi connectivity index (χ2v) is 10.1. The van der Waals surface area contributed by atoms with Gasteiger partial charge < -0.3 is 24.8 Å².